The Morgan fingerprint density at radius 3 is 2.76 bits per heavy atom. The highest BCUT2D eigenvalue weighted by Crippen LogP contribution is 2.15. The molecule has 6 heteroatoms. The Bertz CT molecular complexity index is 842. The van der Waals surface area contributed by atoms with Crippen molar-refractivity contribution in [3.8, 4) is 6.07 Å². The van der Waals surface area contributed by atoms with Gasteiger partial charge in [-0.1, -0.05) is 30.3 Å². The molecule has 1 aromatic carbocycles. The van der Waals surface area contributed by atoms with Crippen LogP contribution >= 0.6 is 0 Å². The molecule has 3 rings (SSSR count). The maximum atomic E-state index is 12.3. The minimum absolute atomic E-state index is 0.0260. The van der Waals surface area contributed by atoms with E-state index in [1.54, 1.807) is 17.9 Å². The fourth-order valence-electron chi connectivity index (χ4n) is 2.89. The van der Waals surface area contributed by atoms with Crippen LogP contribution in [0.25, 0.3) is 0 Å². The highest BCUT2D eigenvalue weighted by Gasteiger charge is 2.30. The number of hydrogen-bond acceptors (Lipinski definition) is 4. The van der Waals surface area contributed by atoms with Crippen LogP contribution in [0.4, 0.5) is 0 Å². The third-order valence-corrected chi connectivity index (χ3v) is 4.20. The van der Waals surface area contributed by atoms with Crippen molar-refractivity contribution >= 4 is 11.8 Å². The number of nitriles is 1. The quantitative estimate of drug-likeness (QED) is 0.923. The van der Waals surface area contributed by atoms with Gasteiger partial charge in [0, 0.05) is 19.5 Å². The van der Waals surface area contributed by atoms with Gasteiger partial charge < -0.3 is 10.2 Å². The van der Waals surface area contributed by atoms with Crippen molar-refractivity contribution in [1.82, 2.24) is 15.2 Å². The number of nitrogens with zero attached hydrogens (tertiary/aromatic N) is 3. The second-order valence-electron chi connectivity index (χ2n) is 6.08. The van der Waals surface area contributed by atoms with Gasteiger partial charge in [0.15, 0.2) is 0 Å². The molecular formula is C19H18N4O2. The number of hydrogen-bond donors (Lipinski definition) is 1. The number of likely N-dealkylation sites (tertiary alicyclic amines) is 1. The maximum Gasteiger partial charge on any atom is 0.270 e. The van der Waals surface area contributed by atoms with E-state index in [0.29, 0.717) is 24.3 Å². The Hall–Kier alpha value is -3.20. The van der Waals surface area contributed by atoms with Crippen molar-refractivity contribution in [2.45, 2.75) is 25.9 Å². The molecule has 126 valence electrons. The first-order chi connectivity index (χ1) is 12.1. The van der Waals surface area contributed by atoms with Gasteiger partial charge in [-0.05, 0) is 24.6 Å². The van der Waals surface area contributed by atoms with Crippen LogP contribution in [0.15, 0.2) is 42.5 Å². The van der Waals surface area contributed by atoms with Gasteiger partial charge in [-0.25, -0.2) is 4.98 Å². The average Bonchev–Trinajstić information content (AvgIpc) is 2.94. The topological polar surface area (TPSA) is 86.1 Å². The van der Waals surface area contributed by atoms with Crippen molar-refractivity contribution in [3.63, 3.8) is 0 Å². The van der Waals surface area contributed by atoms with Crippen molar-refractivity contribution < 1.29 is 9.59 Å². The van der Waals surface area contributed by atoms with Crippen molar-refractivity contribution in [2.75, 3.05) is 6.54 Å². The van der Waals surface area contributed by atoms with Crippen LogP contribution in [0.1, 0.15) is 33.7 Å². The van der Waals surface area contributed by atoms with Crippen LogP contribution < -0.4 is 5.32 Å². The summed E-state index contributed by atoms with van der Waals surface area (Å²) in [6.07, 6.45) is 0.286. The Morgan fingerprint density at radius 1 is 1.32 bits per heavy atom. The standard InChI is InChI=1S/C19H18N4O2/c1-13-15(10-20)7-8-17(21-13)19(25)22-16-9-18(24)23(12-16)11-14-5-3-2-4-6-14/h2-8,16H,9,11-12H2,1H3,(H,22,25)/t16-/m0/s1. The number of benzene rings is 1. The first-order valence-corrected chi connectivity index (χ1v) is 8.07. The van der Waals surface area contributed by atoms with Crippen LogP contribution in [0.3, 0.4) is 0 Å². The number of amides is 2. The number of aromatic nitrogens is 1. The van der Waals surface area contributed by atoms with E-state index in [0.717, 1.165) is 5.56 Å². The van der Waals surface area contributed by atoms with Gasteiger partial charge in [0.1, 0.15) is 11.8 Å². The number of pyridine rings is 1. The molecule has 2 amide bonds. The minimum atomic E-state index is -0.327. The molecule has 1 fully saturated rings. The van der Waals surface area contributed by atoms with Crippen LogP contribution in [-0.4, -0.2) is 34.3 Å². The van der Waals surface area contributed by atoms with Crippen molar-refractivity contribution in [2.24, 2.45) is 0 Å². The largest absolute Gasteiger partial charge is 0.346 e. The highest BCUT2D eigenvalue weighted by molar-refractivity contribution is 5.93. The molecule has 1 aliphatic rings. The number of carbonyl (C=O) groups is 2. The Morgan fingerprint density at radius 2 is 2.08 bits per heavy atom. The third kappa shape index (κ3) is 3.83. The van der Waals surface area contributed by atoms with Crippen molar-refractivity contribution in [3.05, 3.63) is 65.0 Å². The summed E-state index contributed by atoms with van der Waals surface area (Å²) in [6, 6.07) is 14.7. The fraction of sp³-hybridized carbons (Fsp3) is 0.263. The average molecular weight is 334 g/mol. The van der Waals surface area contributed by atoms with Gasteiger partial charge in [0.2, 0.25) is 5.91 Å². The number of nitrogens with one attached hydrogen (secondary N) is 1. The van der Waals surface area contributed by atoms with Crippen LogP contribution in [0.5, 0.6) is 0 Å². The van der Waals surface area contributed by atoms with E-state index in [1.807, 2.05) is 36.4 Å². The zero-order chi connectivity index (χ0) is 17.8. The number of aryl methyl sites for hydroxylation is 1. The van der Waals surface area contributed by atoms with Crippen LogP contribution in [-0.2, 0) is 11.3 Å². The number of carbonyl (C=O) groups excluding carboxylic acids is 2. The molecule has 0 saturated carbocycles. The van der Waals surface area contributed by atoms with Gasteiger partial charge in [0.25, 0.3) is 5.91 Å². The smallest absolute Gasteiger partial charge is 0.270 e. The van der Waals surface area contributed by atoms with Gasteiger partial charge in [-0.15, -0.1) is 0 Å². The molecule has 1 aromatic heterocycles. The lowest BCUT2D eigenvalue weighted by molar-refractivity contribution is -0.128. The first kappa shape index (κ1) is 16.7. The zero-order valence-electron chi connectivity index (χ0n) is 13.9. The van der Waals surface area contributed by atoms with E-state index in [-0.39, 0.29) is 30.0 Å². The summed E-state index contributed by atoms with van der Waals surface area (Å²) < 4.78 is 0. The molecule has 0 radical (unpaired) electrons. The third-order valence-electron chi connectivity index (χ3n) is 4.20. The molecule has 1 atom stereocenters. The van der Waals surface area contributed by atoms with E-state index >= 15 is 0 Å². The molecule has 0 bridgehead atoms. The Kier molecular flexibility index (Phi) is 4.75. The van der Waals surface area contributed by atoms with Gasteiger partial charge in [-0.3, -0.25) is 9.59 Å². The molecule has 2 heterocycles. The summed E-state index contributed by atoms with van der Waals surface area (Å²) in [5, 5.41) is 11.8. The normalized spacial score (nSPS) is 16.6. The van der Waals surface area contributed by atoms with Crippen LogP contribution in [0, 0.1) is 18.3 Å². The summed E-state index contributed by atoms with van der Waals surface area (Å²) in [6.45, 7) is 2.71. The van der Waals surface area contributed by atoms with E-state index < -0.39 is 0 Å². The summed E-state index contributed by atoms with van der Waals surface area (Å²) in [4.78, 5) is 30.4. The van der Waals surface area contributed by atoms with E-state index in [4.69, 9.17) is 5.26 Å². The van der Waals surface area contributed by atoms with E-state index in [1.165, 1.54) is 6.07 Å². The molecule has 1 aliphatic heterocycles. The fourth-order valence-corrected chi connectivity index (χ4v) is 2.89. The molecule has 6 nitrogen and oxygen atoms in total. The molecule has 1 N–H and O–H groups in total. The molecule has 2 aromatic rings. The lowest BCUT2D eigenvalue weighted by Crippen LogP contribution is -2.37. The molecule has 1 saturated heterocycles. The van der Waals surface area contributed by atoms with E-state index in [2.05, 4.69) is 10.3 Å². The van der Waals surface area contributed by atoms with Gasteiger partial charge in [0.05, 0.1) is 17.3 Å². The first-order valence-electron chi connectivity index (χ1n) is 8.07. The summed E-state index contributed by atoms with van der Waals surface area (Å²) in [5.74, 6) is -0.301. The molecule has 25 heavy (non-hydrogen) atoms. The van der Waals surface area contributed by atoms with Crippen molar-refractivity contribution in [1.29, 1.82) is 5.26 Å². The predicted octanol–water partition coefficient (Wildman–Crippen LogP) is 1.79. The minimum Gasteiger partial charge on any atom is -0.346 e. The molecule has 0 unspecified atom stereocenters. The zero-order valence-corrected chi connectivity index (χ0v) is 13.9. The lowest BCUT2D eigenvalue weighted by atomic mass is 10.2. The van der Waals surface area contributed by atoms with E-state index in [9.17, 15) is 9.59 Å². The Balaban J connectivity index is 1.62. The second-order valence-corrected chi connectivity index (χ2v) is 6.08. The van der Waals surface area contributed by atoms with Gasteiger partial charge in [-0.2, -0.15) is 5.26 Å². The predicted molar refractivity (Wildman–Crippen MR) is 91.4 cm³/mol. The SMILES string of the molecule is Cc1nc(C(=O)N[C@H]2CC(=O)N(Cc3ccccc3)C2)ccc1C#N. The van der Waals surface area contributed by atoms with Crippen LogP contribution in [0.2, 0.25) is 0 Å². The molecular weight excluding hydrogens is 316 g/mol. The second kappa shape index (κ2) is 7.14. The summed E-state index contributed by atoms with van der Waals surface area (Å²) in [5.41, 5.74) is 2.28. The maximum absolute atomic E-state index is 12.3. The molecule has 0 aliphatic carbocycles. The molecule has 0 spiro atoms. The number of rotatable bonds is 4. The summed E-state index contributed by atoms with van der Waals surface area (Å²) >= 11 is 0. The monoisotopic (exact) mass is 334 g/mol. The van der Waals surface area contributed by atoms with Gasteiger partial charge >= 0.3 is 0 Å². The summed E-state index contributed by atoms with van der Waals surface area (Å²) in [7, 11) is 0. The Labute approximate surface area is 146 Å². The lowest BCUT2D eigenvalue weighted by Gasteiger charge is -2.17. The highest BCUT2D eigenvalue weighted by atomic mass is 16.2.